The van der Waals surface area contributed by atoms with Crippen LogP contribution in [0, 0.1) is 0 Å². The lowest BCUT2D eigenvalue weighted by Crippen LogP contribution is -2.38. The second-order valence-electron chi connectivity index (χ2n) is 8.39. The van der Waals surface area contributed by atoms with Crippen molar-refractivity contribution in [1.82, 2.24) is 10.2 Å². The molecule has 0 bridgehead atoms. The molecule has 0 atom stereocenters. The summed E-state index contributed by atoms with van der Waals surface area (Å²) in [5.41, 5.74) is 3.06. The van der Waals surface area contributed by atoms with Crippen LogP contribution in [-0.2, 0) is 22.6 Å². The van der Waals surface area contributed by atoms with Crippen molar-refractivity contribution in [3.05, 3.63) is 92.5 Å². The summed E-state index contributed by atoms with van der Waals surface area (Å²) in [6.07, 6.45) is 2.20. The van der Waals surface area contributed by atoms with Gasteiger partial charge in [0, 0.05) is 10.2 Å². The summed E-state index contributed by atoms with van der Waals surface area (Å²) in [6, 6.07) is 17.6. The van der Waals surface area contributed by atoms with Gasteiger partial charge in [0.15, 0.2) is 11.5 Å². The summed E-state index contributed by atoms with van der Waals surface area (Å²) in [4.78, 5) is 38.8. The molecule has 3 aromatic rings. The van der Waals surface area contributed by atoms with Crippen molar-refractivity contribution in [2.24, 2.45) is 0 Å². The first kappa shape index (κ1) is 27.2. The Morgan fingerprint density at radius 2 is 1.87 bits per heavy atom. The van der Waals surface area contributed by atoms with Gasteiger partial charge in [-0.15, -0.1) is 0 Å². The number of anilines is 1. The molecule has 1 aliphatic heterocycles. The molecule has 0 aliphatic carbocycles. The number of ether oxygens (including phenoxy) is 2. The first-order valence-corrected chi connectivity index (χ1v) is 12.9. The zero-order valence-corrected chi connectivity index (χ0v) is 23.1. The molecule has 0 unspecified atom stereocenters. The van der Waals surface area contributed by atoms with Crippen LogP contribution in [0.3, 0.4) is 0 Å². The Labute approximate surface area is 233 Å². The lowest BCUT2D eigenvalue weighted by Gasteiger charge is -2.14. The van der Waals surface area contributed by atoms with Gasteiger partial charge in [-0.3, -0.25) is 9.59 Å². The topological polar surface area (TPSA) is 97.0 Å². The van der Waals surface area contributed by atoms with Crippen LogP contribution in [0.1, 0.15) is 23.6 Å². The van der Waals surface area contributed by atoms with Gasteiger partial charge in [0.05, 0.1) is 12.1 Å². The van der Waals surface area contributed by atoms with Crippen LogP contribution in [0.15, 0.2) is 70.8 Å². The van der Waals surface area contributed by atoms with Crippen molar-refractivity contribution in [3.8, 4) is 11.5 Å². The highest BCUT2D eigenvalue weighted by Gasteiger charge is 2.35. The van der Waals surface area contributed by atoms with Crippen molar-refractivity contribution < 1.29 is 23.9 Å². The number of urea groups is 1. The molecule has 0 radical (unpaired) electrons. The van der Waals surface area contributed by atoms with E-state index in [2.05, 4.69) is 26.6 Å². The summed E-state index contributed by atoms with van der Waals surface area (Å²) in [5.74, 6) is -0.386. The third kappa shape index (κ3) is 6.35. The minimum Gasteiger partial charge on any atom is -0.493 e. The number of nitrogens with one attached hydrogen (secondary N) is 2. The summed E-state index contributed by atoms with van der Waals surface area (Å²) < 4.78 is 12.3. The van der Waals surface area contributed by atoms with Gasteiger partial charge in [0.1, 0.15) is 18.8 Å². The van der Waals surface area contributed by atoms with Crippen molar-refractivity contribution in [2.45, 2.75) is 20.0 Å². The van der Waals surface area contributed by atoms with Crippen molar-refractivity contribution in [1.29, 1.82) is 0 Å². The minimum atomic E-state index is -0.687. The molecule has 0 spiro atoms. The lowest BCUT2D eigenvalue weighted by molar-refractivity contribution is -0.127. The Morgan fingerprint density at radius 3 is 2.58 bits per heavy atom. The van der Waals surface area contributed by atoms with Crippen LogP contribution in [0.2, 0.25) is 5.02 Å². The molecule has 1 fully saturated rings. The molecule has 1 aliphatic rings. The maximum Gasteiger partial charge on any atom is 0.329 e. The van der Waals surface area contributed by atoms with Crippen molar-refractivity contribution >= 4 is 57.1 Å². The molecule has 0 saturated carbocycles. The van der Waals surface area contributed by atoms with Crippen LogP contribution in [0.4, 0.5) is 10.5 Å². The molecule has 196 valence electrons. The van der Waals surface area contributed by atoms with Gasteiger partial charge in [0.25, 0.3) is 5.91 Å². The van der Waals surface area contributed by atoms with Gasteiger partial charge in [-0.2, -0.15) is 0 Å². The van der Waals surface area contributed by atoms with Crippen LogP contribution in [0.5, 0.6) is 11.5 Å². The SMILES string of the molecule is CCc1ccccc1NC(=O)CN1C(=O)N/C(=C/c2cc(Cl)c(OCc3ccc(Br)cc3)c(OC)c2)C1=O. The Morgan fingerprint density at radius 1 is 1.13 bits per heavy atom. The van der Waals surface area contributed by atoms with Crippen molar-refractivity contribution in [2.75, 3.05) is 19.0 Å². The molecule has 3 aromatic carbocycles. The molecular weight excluding hydrogens is 574 g/mol. The second kappa shape index (κ2) is 12.1. The molecular formula is C28H25BrClN3O5. The first-order chi connectivity index (χ1) is 18.3. The van der Waals surface area contributed by atoms with Crippen LogP contribution < -0.4 is 20.1 Å². The third-order valence-electron chi connectivity index (χ3n) is 5.80. The van der Waals surface area contributed by atoms with E-state index in [0.717, 1.165) is 26.9 Å². The molecule has 38 heavy (non-hydrogen) atoms. The van der Waals surface area contributed by atoms with E-state index in [0.29, 0.717) is 22.7 Å². The average molecular weight is 599 g/mol. The summed E-state index contributed by atoms with van der Waals surface area (Å²) in [6.45, 7) is 1.83. The number of methoxy groups -OCH3 is 1. The van der Waals surface area contributed by atoms with E-state index in [4.69, 9.17) is 21.1 Å². The number of hydrogen-bond donors (Lipinski definition) is 2. The number of halogens is 2. The Bertz CT molecular complexity index is 1410. The van der Waals surface area contributed by atoms with E-state index in [-0.39, 0.29) is 17.3 Å². The van der Waals surface area contributed by atoms with Gasteiger partial charge >= 0.3 is 6.03 Å². The molecule has 4 rings (SSSR count). The third-order valence-corrected chi connectivity index (χ3v) is 6.61. The average Bonchev–Trinajstić information content (AvgIpc) is 3.16. The van der Waals surface area contributed by atoms with Crippen LogP contribution in [0.25, 0.3) is 6.08 Å². The highest BCUT2D eigenvalue weighted by Crippen LogP contribution is 2.37. The molecule has 1 heterocycles. The summed E-state index contributed by atoms with van der Waals surface area (Å²) in [5, 5.41) is 5.56. The lowest BCUT2D eigenvalue weighted by atomic mass is 10.1. The standard InChI is InChI=1S/C28H25BrClN3O5/c1-3-19-6-4-5-7-22(19)31-25(34)15-33-27(35)23(32-28(33)36)13-18-12-21(30)26(24(14-18)37-2)38-16-17-8-10-20(29)11-9-17/h4-14H,3,15-16H2,1-2H3,(H,31,34)(H,32,36)/b23-13+. The van der Waals surface area contributed by atoms with E-state index >= 15 is 0 Å². The van der Waals surface area contributed by atoms with Gasteiger partial charge in [-0.25, -0.2) is 9.69 Å². The van der Waals surface area contributed by atoms with E-state index in [9.17, 15) is 14.4 Å². The first-order valence-electron chi connectivity index (χ1n) is 11.8. The fraction of sp³-hybridized carbons (Fsp3) is 0.179. The van der Waals surface area contributed by atoms with E-state index < -0.39 is 24.4 Å². The molecule has 2 N–H and O–H groups in total. The number of rotatable bonds is 9. The number of benzene rings is 3. The highest BCUT2D eigenvalue weighted by molar-refractivity contribution is 9.10. The number of amides is 4. The number of aryl methyl sites for hydroxylation is 1. The fourth-order valence-corrected chi connectivity index (χ4v) is 4.40. The zero-order valence-electron chi connectivity index (χ0n) is 20.7. The number of nitrogens with zero attached hydrogens (tertiary/aromatic N) is 1. The maximum atomic E-state index is 12.9. The number of para-hydroxylation sites is 1. The van der Waals surface area contributed by atoms with Crippen LogP contribution in [-0.4, -0.2) is 36.4 Å². The predicted octanol–water partition coefficient (Wildman–Crippen LogP) is 5.78. The summed E-state index contributed by atoms with van der Waals surface area (Å²) in [7, 11) is 1.48. The van der Waals surface area contributed by atoms with Gasteiger partial charge in [-0.05, 0) is 59.5 Å². The van der Waals surface area contributed by atoms with E-state index in [1.54, 1.807) is 24.3 Å². The van der Waals surface area contributed by atoms with Crippen molar-refractivity contribution in [3.63, 3.8) is 0 Å². The second-order valence-corrected chi connectivity index (χ2v) is 9.71. The van der Waals surface area contributed by atoms with Gasteiger partial charge < -0.3 is 20.1 Å². The number of imide groups is 1. The number of carbonyl (C=O) groups is 3. The molecule has 4 amide bonds. The molecule has 0 aromatic heterocycles. The number of carbonyl (C=O) groups excluding carboxylic acids is 3. The van der Waals surface area contributed by atoms with E-state index in [1.807, 2.05) is 43.3 Å². The highest BCUT2D eigenvalue weighted by atomic mass is 79.9. The van der Waals surface area contributed by atoms with E-state index in [1.165, 1.54) is 13.2 Å². The summed E-state index contributed by atoms with van der Waals surface area (Å²) >= 11 is 9.88. The molecule has 8 nitrogen and oxygen atoms in total. The minimum absolute atomic E-state index is 0.0124. The monoisotopic (exact) mass is 597 g/mol. The molecule has 1 saturated heterocycles. The zero-order chi connectivity index (χ0) is 27.2. The van der Waals surface area contributed by atoms with Gasteiger partial charge in [0.2, 0.25) is 5.91 Å². The Hall–Kier alpha value is -3.82. The largest absolute Gasteiger partial charge is 0.493 e. The fourth-order valence-electron chi connectivity index (χ4n) is 3.87. The smallest absolute Gasteiger partial charge is 0.329 e. The maximum absolute atomic E-state index is 12.9. The Kier molecular flexibility index (Phi) is 8.70. The molecule has 10 heteroatoms. The predicted molar refractivity (Wildman–Crippen MR) is 149 cm³/mol. The van der Waals surface area contributed by atoms with Crippen LogP contribution >= 0.6 is 27.5 Å². The quantitative estimate of drug-likeness (QED) is 0.240. The number of hydrogen-bond acceptors (Lipinski definition) is 5. The van der Waals surface area contributed by atoms with Gasteiger partial charge in [-0.1, -0.05) is 64.8 Å². The Balaban J connectivity index is 1.47. The normalized spacial score (nSPS) is 14.0.